The average Bonchev–Trinajstić information content (AvgIpc) is 2.23. The maximum absolute atomic E-state index is 13.8. The summed E-state index contributed by atoms with van der Waals surface area (Å²) in [5.41, 5.74) is 3.49. The Morgan fingerprint density at radius 1 is 1.06 bits per heavy atom. The zero-order valence-corrected chi connectivity index (χ0v) is 9.98. The normalized spacial score (nSPS) is 10.5. The van der Waals surface area contributed by atoms with Crippen LogP contribution in [0.5, 0.6) is 0 Å². The first kappa shape index (κ1) is 11.2. The second-order valence-corrected chi connectivity index (χ2v) is 4.36. The molecule has 0 N–H and O–H groups in total. The third-order valence-electron chi connectivity index (χ3n) is 2.58. The molecule has 0 heterocycles. The highest BCUT2D eigenvalue weighted by molar-refractivity contribution is 6.31. The van der Waals surface area contributed by atoms with Gasteiger partial charge in [-0.15, -0.1) is 0 Å². The first-order valence-corrected chi connectivity index (χ1v) is 5.48. The molecule has 0 bridgehead atoms. The molecule has 2 rings (SSSR count). The molecule has 2 aromatic carbocycles. The van der Waals surface area contributed by atoms with E-state index in [0.29, 0.717) is 10.6 Å². The SMILES string of the molecule is Cc1cccc(-c2cc(C)c(Cl)cc2F)c1. The van der Waals surface area contributed by atoms with E-state index in [1.165, 1.54) is 6.07 Å². The summed E-state index contributed by atoms with van der Waals surface area (Å²) in [5, 5.41) is 0.467. The van der Waals surface area contributed by atoms with E-state index >= 15 is 0 Å². The molecule has 16 heavy (non-hydrogen) atoms. The highest BCUT2D eigenvalue weighted by Crippen LogP contribution is 2.28. The van der Waals surface area contributed by atoms with Gasteiger partial charge in [-0.1, -0.05) is 41.4 Å². The zero-order valence-electron chi connectivity index (χ0n) is 9.22. The minimum atomic E-state index is -0.277. The molecule has 0 saturated heterocycles. The van der Waals surface area contributed by atoms with Crippen LogP contribution in [0.2, 0.25) is 5.02 Å². The van der Waals surface area contributed by atoms with E-state index in [1.54, 1.807) is 6.07 Å². The highest BCUT2D eigenvalue weighted by Gasteiger charge is 2.08. The highest BCUT2D eigenvalue weighted by atomic mass is 35.5. The first-order valence-electron chi connectivity index (χ1n) is 5.10. The predicted octanol–water partition coefficient (Wildman–Crippen LogP) is 4.76. The smallest absolute Gasteiger partial charge is 0.132 e. The molecule has 82 valence electrons. The van der Waals surface area contributed by atoms with Crippen LogP contribution in [0, 0.1) is 19.7 Å². The van der Waals surface area contributed by atoms with Crippen LogP contribution in [0.15, 0.2) is 36.4 Å². The van der Waals surface area contributed by atoms with Crippen molar-refractivity contribution in [1.82, 2.24) is 0 Å². The monoisotopic (exact) mass is 234 g/mol. The maximum Gasteiger partial charge on any atom is 0.132 e. The van der Waals surface area contributed by atoms with E-state index < -0.39 is 0 Å². The van der Waals surface area contributed by atoms with Gasteiger partial charge in [0.2, 0.25) is 0 Å². The van der Waals surface area contributed by atoms with Crippen molar-refractivity contribution >= 4 is 11.6 Å². The van der Waals surface area contributed by atoms with E-state index in [2.05, 4.69) is 0 Å². The summed E-state index contributed by atoms with van der Waals surface area (Å²) in [6, 6.07) is 10.9. The Bertz CT molecular complexity index is 532. The Labute approximate surface area is 99.7 Å². The largest absolute Gasteiger partial charge is 0.206 e. The third-order valence-corrected chi connectivity index (χ3v) is 2.98. The lowest BCUT2D eigenvalue weighted by molar-refractivity contribution is 0.631. The Morgan fingerprint density at radius 3 is 2.50 bits per heavy atom. The van der Waals surface area contributed by atoms with Gasteiger partial charge in [0.25, 0.3) is 0 Å². The van der Waals surface area contributed by atoms with Gasteiger partial charge in [0.15, 0.2) is 0 Å². The van der Waals surface area contributed by atoms with Gasteiger partial charge in [-0.2, -0.15) is 0 Å². The average molecular weight is 235 g/mol. The number of hydrogen-bond acceptors (Lipinski definition) is 0. The van der Waals surface area contributed by atoms with Gasteiger partial charge in [0.05, 0.1) is 0 Å². The van der Waals surface area contributed by atoms with E-state index in [1.807, 2.05) is 38.1 Å². The van der Waals surface area contributed by atoms with Crippen LogP contribution in [0.4, 0.5) is 4.39 Å². The molecule has 0 fully saturated rings. The van der Waals surface area contributed by atoms with Crippen LogP contribution in [-0.4, -0.2) is 0 Å². The maximum atomic E-state index is 13.8. The second-order valence-electron chi connectivity index (χ2n) is 3.95. The first-order chi connectivity index (χ1) is 7.58. The van der Waals surface area contributed by atoms with E-state index in [9.17, 15) is 4.39 Å². The zero-order chi connectivity index (χ0) is 11.7. The summed E-state index contributed by atoms with van der Waals surface area (Å²) < 4.78 is 13.8. The van der Waals surface area contributed by atoms with Gasteiger partial charge in [-0.05, 0) is 37.1 Å². The lowest BCUT2D eigenvalue weighted by Gasteiger charge is -2.07. The molecule has 0 saturated carbocycles. The van der Waals surface area contributed by atoms with E-state index in [-0.39, 0.29) is 5.82 Å². The van der Waals surface area contributed by atoms with Crippen molar-refractivity contribution < 1.29 is 4.39 Å². The van der Waals surface area contributed by atoms with Gasteiger partial charge in [0, 0.05) is 10.6 Å². The molecule has 0 aliphatic heterocycles. The molecule has 0 aromatic heterocycles. The summed E-state index contributed by atoms with van der Waals surface area (Å²) in [5.74, 6) is -0.277. The molecule has 0 aliphatic carbocycles. The Hall–Kier alpha value is -1.34. The molecular formula is C14H12ClF. The molecule has 0 amide bonds. The van der Waals surface area contributed by atoms with Gasteiger partial charge in [-0.3, -0.25) is 0 Å². The third kappa shape index (κ3) is 2.10. The number of rotatable bonds is 1. The molecular weight excluding hydrogens is 223 g/mol. The lowest BCUT2D eigenvalue weighted by Crippen LogP contribution is -1.87. The topological polar surface area (TPSA) is 0 Å². The van der Waals surface area contributed by atoms with Crippen molar-refractivity contribution in [2.45, 2.75) is 13.8 Å². The van der Waals surface area contributed by atoms with Crippen LogP contribution >= 0.6 is 11.6 Å². The number of aryl methyl sites for hydroxylation is 2. The predicted molar refractivity (Wildman–Crippen MR) is 66.3 cm³/mol. The summed E-state index contributed by atoms with van der Waals surface area (Å²) in [4.78, 5) is 0. The molecule has 0 radical (unpaired) electrons. The fraction of sp³-hybridized carbons (Fsp3) is 0.143. The van der Waals surface area contributed by atoms with Crippen LogP contribution in [0.1, 0.15) is 11.1 Å². The van der Waals surface area contributed by atoms with Crippen molar-refractivity contribution in [2.75, 3.05) is 0 Å². The minimum absolute atomic E-state index is 0.277. The minimum Gasteiger partial charge on any atom is -0.206 e. The van der Waals surface area contributed by atoms with E-state index in [4.69, 9.17) is 11.6 Å². The molecule has 0 unspecified atom stereocenters. The van der Waals surface area contributed by atoms with Crippen LogP contribution < -0.4 is 0 Å². The van der Waals surface area contributed by atoms with Gasteiger partial charge in [-0.25, -0.2) is 4.39 Å². The Morgan fingerprint density at radius 2 is 1.81 bits per heavy atom. The molecule has 2 heteroatoms. The number of hydrogen-bond donors (Lipinski definition) is 0. The molecule has 0 aliphatic rings. The summed E-state index contributed by atoms with van der Waals surface area (Å²) >= 11 is 5.86. The number of benzene rings is 2. The van der Waals surface area contributed by atoms with Gasteiger partial charge < -0.3 is 0 Å². The van der Waals surface area contributed by atoms with E-state index in [0.717, 1.165) is 16.7 Å². The van der Waals surface area contributed by atoms with Crippen molar-refractivity contribution in [1.29, 1.82) is 0 Å². The van der Waals surface area contributed by atoms with Crippen molar-refractivity contribution in [2.24, 2.45) is 0 Å². The molecule has 2 aromatic rings. The molecule has 0 nitrogen and oxygen atoms in total. The second kappa shape index (κ2) is 4.26. The standard InChI is InChI=1S/C14H12ClF/c1-9-4-3-5-11(6-9)12-7-10(2)13(15)8-14(12)16/h3-8H,1-2H3. The van der Waals surface area contributed by atoms with Crippen LogP contribution in [0.3, 0.4) is 0 Å². The fourth-order valence-electron chi connectivity index (χ4n) is 1.69. The Balaban J connectivity index is 2.60. The summed E-state index contributed by atoms with van der Waals surface area (Å²) in [6.45, 7) is 3.87. The quantitative estimate of drug-likeness (QED) is 0.667. The lowest BCUT2D eigenvalue weighted by atomic mass is 10.0. The summed E-state index contributed by atoms with van der Waals surface area (Å²) in [6.07, 6.45) is 0. The number of halogens is 2. The van der Waals surface area contributed by atoms with Crippen molar-refractivity contribution in [3.05, 3.63) is 58.4 Å². The Kier molecular flexibility index (Phi) is 2.97. The van der Waals surface area contributed by atoms with Crippen molar-refractivity contribution in [3.63, 3.8) is 0 Å². The van der Waals surface area contributed by atoms with Gasteiger partial charge >= 0.3 is 0 Å². The van der Waals surface area contributed by atoms with Gasteiger partial charge in [0.1, 0.15) is 5.82 Å². The van der Waals surface area contributed by atoms with Crippen LogP contribution in [-0.2, 0) is 0 Å². The fourth-order valence-corrected chi connectivity index (χ4v) is 1.84. The molecule has 0 spiro atoms. The van der Waals surface area contributed by atoms with Crippen molar-refractivity contribution in [3.8, 4) is 11.1 Å². The molecule has 0 atom stereocenters. The summed E-state index contributed by atoms with van der Waals surface area (Å²) in [7, 11) is 0. The van der Waals surface area contributed by atoms with Crippen LogP contribution in [0.25, 0.3) is 11.1 Å².